The SMILES string of the molecule is CCOC(=O)CC1(CNC(=O)C(CC(C)C)NC(=O)CC2(CN)CCCCC2)CCCCC1. The van der Waals surface area contributed by atoms with Crippen LogP contribution in [0.2, 0.25) is 0 Å². The fourth-order valence-corrected chi connectivity index (χ4v) is 5.68. The highest BCUT2D eigenvalue weighted by molar-refractivity contribution is 5.88. The van der Waals surface area contributed by atoms with Gasteiger partial charge in [-0.05, 0) is 62.3 Å². The lowest BCUT2D eigenvalue weighted by atomic mass is 9.71. The first-order chi connectivity index (χ1) is 15.7. The number of amides is 2. The predicted molar refractivity (Wildman–Crippen MR) is 130 cm³/mol. The van der Waals surface area contributed by atoms with Crippen LogP contribution in [0.1, 0.15) is 104 Å². The Balaban J connectivity index is 2.00. The topological polar surface area (TPSA) is 111 Å². The molecule has 0 aromatic carbocycles. The van der Waals surface area contributed by atoms with Gasteiger partial charge in [0.25, 0.3) is 0 Å². The minimum atomic E-state index is -0.570. The van der Waals surface area contributed by atoms with Gasteiger partial charge in [0, 0.05) is 13.0 Å². The molecular formula is C26H47N3O4. The van der Waals surface area contributed by atoms with Crippen LogP contribution >= 0.6 is 0 Å². The average molecular weight is 466 g/mol. The number of hydrogen-bond donors (Lipinski definition) is 3. The van der Waals surface area contributed by atoms with Gasteiger partial charge in [-0.1, -0.05) is 52.4 Å². The normalized spacial score (nSPS) is 20.6. The third-order valence-electron chi connectivity index (χ3n) is 7.62. The van der Waals surface area contributed by atoms with Crippen LogP contribution in [0, 0.1) is 16.7 Å². The second-order valence-electron chi connectivity index (χ2n) is 11.0. The number of ether oxygens (including phenoxy) is 1. The maximum absolute atomic E-state index is 13.2. The van der Waals surface area contributed by atoms with Gasteiger partial charge in [0.2, 0.25) is 11.8 Å². The summed E-state index contributed by atoms with van der Waals surface area (Å²) < 4.78 is 5.20. The quantitative estimate of drug-likeness (QED) is 0.379. The van der Waals surface area contributed by atoms with Crippen LogP contribution in [-0.2, 0) is 19.1 Å². The molecule has 2 fully saturated rings. The minimum Gasteiger partial charge on any atom is -0.466 e. The van der Waals surface area contributed by atoms with E-state index in [1.165, 1.54) is 6.42 Å². The van der Waals surface area contributed by atoms with Gasteiger partial charge in [0.05, 0.1) is 13.0 Å². The molecule has 7 nitrogen and oxygen atoms in total. The summed E-state index contributed by atoms with van der Waals surface area (Å²) in [5.41, 5.74) is 5.68. The zero-order chi connectivity index (χ0) is 24.3. The molecule has 0 saturated heterocycles. The van der Waals surface area contributed by atoms with Crippen molar-refractivity contribution >= 4 is 17.8 Å². The van der Waals surface area contributed by atoms with E-state index in [0.29, 0.717) is 39.0 Å². The molecule has 1 atom stereocenters. The third-order valence-corrected chi connectivity index (χ3v) is 7.62. The third kappa shape index (κ3) is 8.91. The Hall–Kier alpha value is -1.63. The Labute approximate surface area is 200 Å². The molecule has 0 spiro atoms. The lowest BCUT2D eigenvalue weighted by molar-refractivity contribution is -0.146. The maximum atomic E-state index is 13.2. The predicted octanol–water partition coefficient (Wildman–Crippen LogP) is 3.84. The molecule has 4 N–H and O–H groups in total. The van der Waals surface area contributed by atoms with Gasteiger partial charge in [-0.3, -0.25) is 14.4 Å². The van der Waals surface area contributed by atoms with Crippen LogP contribution in [0.25, 0.3) is 0 Å². The molecule has 2 amide bonds. The van der Waals surface area contributed by atoms with Crippen LogP contribution in [-0.4, -0.2) is 43.5 Å². The molecule has 0 aliphatic heterocycles. The van der Waals surface area contributed by atoms with E-state index in [4.69, 9.17) is 10.5 Å². The monoisotopic (exact) mass is 465 g/mol. The molecule has 190 valence electrons. The molecule has 1 unspecified atom stereocenters. The summed E-state index contributed by atoms with van der Waals surface area (Å²) in [7, 11) is 0. The average Bonchev–Trinajstić information content (AvgIpc) is 2.78. The van der Waals surface area contributed by atoms with Gasteiger partial charge in [-0.15, -0.1) is 0 Å². The maximum Gasteiger partial charge on any atom is 0.306 e. The molecule has 2 aliphatic rings. The first-order valence-corrected chi connectivity index (χ1v) is 13.2. The van der Waals surface area contributed by atoms with Crippen molar-refractivity contribution in [3.05, 3.63) is 0 Å². The first-order valence-electron chi connectivity index (χ1n) is 13.2. The van der Waals surface area contributed by atoms with E-state index in [0.717, 1.165) is 57.8 Å². The number of nitrogens with two attached hydrogens (primary N) is 1. The summed E-state index contributed by atoms with van der Waals surface area (Å²) in [5, 5.41) is 6.11. The number of rotatable bonds is 12. The summed E-state index contributed by atoms with van der Waals surface area (Å²) in [6.07, 6.45) is 11.8. The molecule has 2 saturated carbocycles. The number of hydrogen-bond acceptors (Lipinski definition) is 5. The molecule has 7 heteroatoms. The number of nitrogens with one attached hydrogen (secondary N) is 2. The Kier molecular flexibility index (Phi) is 11.1. The fraction of sp³-hybridized carbons (Fsp3) is 0.885. The van der Waals surface area contributed by atoms with E-state index < -0.39 is 6.04 Å². The molecule has 2 aliphatic carbocycles. The van der Waals surface area contributed by atoms with E-state index in [1.54, 1.807) is 0 Å². The smallest absolute Gasteiger partial charge is 0.306 e. The number of carbonyl (C=O) groups excluding carboxylic acids is 3. The summed E-state index contributed by atoms with van der Waals surface area (Å²) in [6, 6.07) is -0.570. The zero-order valence-corrected chi connectivity index (χ0v) is 21.2. The summed E-state index contributed by atoms with van der Waals surface area (Å²) in [4.78, 5) is 38.4. The second kappa shape index (κ2) is 13.3. The Morgan fingerprint density at radius 1 is 0.909 bits per heavy atom. The lowest BCUT2D eigenvalue weighted by Gasteiger charge is -2.37. The van der Waals surface area contributed by atoms with Gasteiger partial charge in [0.15, 0.2) is 0 Å². The van der Waals surface area contributed by atoms with Crippen molar-refractivity contribution in [1.29, 1.82) is 0 Å². The summed E-state index contributed by atoms with van der Waals surface area (Å²) in [5.74, 6) is -0.166. The highest BCUT2D eigenvalue weighted by Gasteiger charge is 2.37. The molecule has 33 heavy (non-hydrogen) atoms. The van der Waals surface area contributed by atoms with E-state index in [-0.39, 0.29) is 34.5 Å². The Morgan fingerprint density at radius 2 is 1.48 bits per heavy atom. The number of esters is 1. The van der Waals surface area contributed by atoms with Crippen LogP contribution < -0.4 is 16.4 Å². The summed E-state index contributed by atoms with van der Waals surface area (Å²) >= 11 is 0. The molecule has 0 bridgehead atoms. The van der Waals surface area contributed by atoms with Gasteiger partial charge in [0.1, 0.15) is 6.04 Å². The highest BCUT2D eigenvalue weighted by atomic mass is 16.5. The fourth-order valence-electron chi connectivity index (χ4n) is 5.68. The largest absolute Gasteiger partial charge is 0.466 e. The van der Waals surface area contributed by atoms with Crippen molar-refractivity contribution < 1.29 is 19.1 Å². The highest BCUT2D eigenvalue weighted by Crippen LogP contribution is 2.40. The van der Waals surface area contributed by atoms with Gasteiger partial charge in [-0.2, -0.15) is 0 Å². The summed E-state index contributed by atoms with van der Waals surface area (Å²) in [6.45, 7) is 7.25. The number of carbonyl (C=O) groups is 3. The van der Waals surface area contributed by atoms with Gasteiger partial charge >= 0.3 is 5.97 Å². The molecule has 2 rings (SSSR count). The van der Waals surface area contributed by atoms with Crippen molar-refractivity contribution in [3.63, 3.8) is 0 Å². The standard InChI is InChI=1S/C26H47N3O4/c1-4-33-23(31)17-26(13-9-6-10-14-26)19-28-24(32)21(15-20(2)3)29-22(30)16-25(18-27)11-7-5-8-12-25/h20-21H,4-19,27H2,1-3H3,(H,28,32)(H,29,30). The Morgan fingerprint density at radius 3 is 2.00 bits per heavy atom. The Bertz CT molecular complexity index is 637. The van der Waals surface area contributed by atoms with Gasteiger partial charge in [-0.25, -0.2) is 0 Å². The van der Waals surface area contributed by atoms with Crippen molar-refractivity contribution in [2.45, 2.75) is 110 Å². The van der Waals surface area contributed by atoms with E-state index in [2.05, 4.69) is 24.5 Å². The molecule has 0 heterocycles. The van der Waals surface area contributed by atoms with E-state index in [1.807, 2.05) is 6.92 Å². The molecular weight excluding hydrogens is 418 g/mol. The molecule has 0 aromatic rings. The molecule has 0 radical (unpaired) electrons. The van der Waals surface area contributed by atoms with Crippen LogP contribution in [0.4, 0.5) is 0 Å². The van der Waals surface area contributed by atoms with Crippen molar-refractivity contribution in [1.82, 2.24) is 10.6 Å². The van der Waals surface area contributed by atoms with E-state index in [9.17, 15) is 14.4 Å². The lowest BCUT2D eigenvalue weighted by Crippen LogP contribution is -2.51. The van der Waals surface area contributed by atoms with Crippen molar-refractivity contribution in [3.8, 4) is 0 Å². The molecule has 0 aromatic heterocycles. The van der Waals surface area contributed by atoms with Crippen molar-refractivity contribution in [2.24, 2.45) is 22.5 Å². The van der Waals surface area contributed by atoms with Crippen LogP contribution in [0.3, 0.4) is 0 Å². The van der Waals surface area contributed by atoms with E-state index >= 15 is 0 Å². The van der Waals surface area contributed by atoms with Crippen molar-refractivity contribution in [2.75, 3.05) is 19.7 Å². The first kappa shape index (κ1) is 27.6. The van der Waals surface area contributed by atoms with Gasteiger partial charge < -0.3 is 21.1 Å². The van der Waals surface area contributed by atoms with Crippen LogP contribution in [0.5, 0.6) is 0 Å². The second-order valence-corrected chi connectivity index (χ2v) is 11.0. The minimum absolute atomic E-state index is 0.0814. The van der Waals surface area contributed by atoms with Crippen LogP contribution in [0.15, 0.2) is 0 Å². The zero-order valence-electron chi connectivity index (χ0n) is 21.2.